The zero-order valence-corrected chi connectivity index (χ0v) is 6.35. The van der Waals surface area contributed by atoms with E-state index >= 15 is 0 Å². The Morgan fingerprint density at radius 2 is 2.17 bits per heavy atom. The van der Waals surface area contributed by atoms with E-state index in [0.29, 0.717) is 0 Å². The summed E-state index contributed by atoms with van der Waals surface area (Å²) >= 11 is 0. The van der Waals surface area contributed by atoms with Crippen molar-refractivity contribution in [3.63, 3.8) is 0 Å². The Morgan fingerprint density at radius 3 is 2.50 bits per heavy atom. The van der Waals surface area contributed by atoms with Gasteiger partial charge in [-0.1, -0.05) is 5.16 Å². The molecular weight excluding hydrogens is 164 g/mol. The molecule has 3 amide bonds. The van der Waals surface area contributed by atoms with Gasteiger partial charge in [-0.05, 0) is 0 Å². The van der Waals surface area contributed by atoms with Gasteiger partial charge in [0.25, 0.3) is 5.91 Å². The lowest BCUT2D eigenvalue weighted by atomic mass is 10.7. The molecule has 0 aromatic rings. The molecule has 0 bridgehead atoms. The smallest absolute Gasteiger partial charge is 0.319 e. The molecule has 0 spiro atoms. The van der Waals surface area contributed by atoms with Crippen LogP contribution in [-0.2, 0) is 9.63 Å². The lowest BCUT2D eigenvalue weighted by molar-refractivity contribution is -0.113. The second-order valence-electron chi connectivity index (χ2n) is 1.27. The van der Waals surface area contributed by atoms with Gasteiger partial charge in [0.05, 0.1) is 0 Å². The molecule has 7 heteroatoms. The number of nitriles is 1. The number of primary amides is 1. The van der Waals surface area contributed by atoms with E-state index in [2.05, 4.69) is 22.3 Å². The average molecular weight is 172 g/mol. The number of nitrogens with two attached hydrogens (primary N) is 1. The van der Waals surface area contributed by atoms with Crippen molar-refractivity contribution in [1.29, 1.82) is 5.26 Å². The maximum atomic E-state index is 10.4. The lowest BCUT2D eigenvalue weighted by Gasteiger charge is -1.90. The van der Waals surface area contributed by atoms with Crippen LogP contribution in [0.1, 0.15) is 0 Å². The van der Waals surface area contributed by atoms with Gasteiger partial charge in [0.1, 0.15) is 13.3 Å². The monoisotopic (exact) mass is 172 g/mol. The first-order valence-electron chi connectivity index (χ1n) is 2.59. The number of hydrogen-bond acceptors (Lipinski definition) is 5. The van der Waals surface area contributed by atoms with Crippen molar-refractivity contribution in [2.45, 2.75) is 0 Å². The summed E-state index contributed by atoms with van der Waals surface area (Å²) < 4.78 is 0. The predicted molar refractivity (Wildman–Crippen MR) is 39.9 cm³/mol. The number of imide groups is 1. The van der Waals surface area contributed by atoms with E-state index < -0.39 is 11.9 Å². The summed E-state index contributed by atoms with van der Waals surface area (Å²) in [4.78, 5) is 24.5. The standard InChI is InChI=1S/C4H7N3O3.CHN/c1-10-6-2-3(8)7-4(5)9;1-2/h2H,1H3,(H3,5,7,8,9);1H/b6-2+;. The Bertz CT molecular complexity index is 198. The number of amides is 3. The molecule has 0 aliphatic heterocycles. The third-order valence-corrected chi connectivity index (χ3v) is 0.522. The molecule has 0 atom stereocenters. The van der Waals surface area contributed by atoms with Gasteiger partial charge in [-0.3, -0.25) is 10.1 Å². The molecule has 0 aliphatic rings. The zero-order chi connectivity index (χ0) is 9.98. The first-order chi connectivity index (χ1) is 5.66. The first-order valence-corrected chi connectivity index (χ1v) is 2.59. The highest BCUT2D eigenvalue weighted by Crippen LogP contribution is 1.64. The Kier molecular flexibility index (Phi) is 9.32. The number of hydrogen-bond donors (Lipinski definition) is 2. The second kappa shape index (κ2) is 8.90. The number of carbonyl (C=O) groups is 2. The van der Waals surface area contributed by atoms with Gasteiger partial charge in [0.2, 0.25) is 0 Å². The minimum atomic E-state index is -0.924. The van der Waals surface area contributed by atoms with Crippen LogP contribution < -0.4 is 11.1 Å². The molecule has 7 nitrogen and oxygen atoms in total. The van der Waals surface area contributed by atoms with E-state index in [4.69, 9.17) is 5.26 Å². The summed E-state index contributed by atoms with van der Waals surface area (Å²) in [6.07, 6.45) is 0.796. The van der Waals surface area contributed by atoms with Gasteiger partial charge in [0, 0.05) is 6.57 Å². The molecule has 0 saturated carbocycles. The van der Waals surface area contributed by atoms with Crippen LogP contribution >= 0.6 is 0 Å². The average Bonchev–Trinajstić information content (AvgIpc) is 2.03. The van der Waals surface area contributed by atoms with E-state index in [9.17, 15) is 9.59 Å². The Hall–Kier alpha value is -2.10. The number of rotatable bonds is 2. The van der Waals surface area contributed by atoms with Gasteiger partial charge in [-0.2, -0.15) is 0 Å². The molecule has 0 aromatic carbocycles. The summed E-state index contributed by atoms with van der Waals surface area (Å²) in [5, 5.41) is 11.3. The number of oxime groups is 1. The number of nitrogens with zero attached hydrogens (tertiary/aromatic N) is 2. The first kappa shape index (κ1) is 12.6. The molecule has 66 valence electrons. The highest BCUT2D eigenvalue weighted by Gasteiger charge is 1.97. The molecular formula is C5H8N4O3. The fourth-order valence-electron chi connectivity index (χ4n) is 0.254. The Morgan fingerprint density at radius 1 is 1.67 bits per heavy atom. The van der Waals surface area contributed by atoms with Crippen molar-refractivity contribution < 1.29 is 14.4 Å². The van der Waals surface area contributed by atoms with Crippen LogP contribution in [0.5, 0.6) is 0 Å². The highest BCUT2D eigenvalue weighted by atomic mass is 16.6. The Labute approximate surface area is 68.8 Å². The van der Waals surface area contributed by atoms with Crippen LogP contribution in [0.2, 0.25) is 0 Å². The van der Waals surface area contributed by atoms with Crippen LogP contribution in [0, 0.1) is 11.8 Å². The van der Waals surface area contributed by atoms with Crippen molar-refractivity contribution in [2.75, 3.05) is 7.11 Å². The second-order valence-corrected chi connectivity index (χ2v) is 1.27. The quantitative estimate of drug-likeness (QED) is 0.408. The largest absolute Gasteiger partial charge is 0.399 e. The van der Waals surface area contributed by atoms with E-state index in [1.807, 2.05) is 0 Å². The van der Waals surface area contributed by atoms with Crippen LogP contribution in [0.3, 0.4) is 0 Å². The molecule has 0 aromatic heterocycles. The van der Waals surface area contributed by atoms with E-state index in [1.54, 1.807) is 5.32 Å². The minimum Gasteiger partial charge on any atom is -0.399 e. The molecule has 0 unspecified atom stereocenters. The van der Waals surface area contributed by atoms with Crippen LogP contribution in [0.25, 0.3) is 0 Å². The fourth-order valence-corrected chi connectivity index (χ4v) is 0.254. The zero-order valence-electron chi connectivity index (χ0n) is 6.35. The highest BCUT2D eigenvalue weighted by molar-refractivity contribution is 6.29. The molecule has 12 heavy (non-hydrogen) atoms. The Balaban J connectivity index is 0. The maximum Gasteiger partial charge on any atom is 0.319 e. The van der Waals surface area contributed by atoms with Gasteiger partial charge >= 0.3 is 6.03 Å². The molecule has 0 heterocycles. The fraction of sp³-hybridized carbons (Fsp3) is 0.200. The van der Waals surface area contributed by atoms with Gasteiger partial charge in [-0.15, -0.1) is 0 Å². The molecule has 0 radical (unpaired) electrons. The van der Waals surface area contributed by atoms with Crippen molar-refractivity contribution in [3.05, 3.63) is 0 Å². The van der Waals surface area contributed by atoms with Crippen molar-refractivity contribution in [3.8, 4) is 6.57 Å². The summed E-state index contributed by atoms with van der Waals surface area (Å²) in [6, 6.07) is -0.924. The third-order valence-electron chi connectivity index (χ3n) is 0.522. The molecule has 3 N–H and O–H groups in total. The lowest BCUT2D eigenvalue weighted by Crippen LogP contribution is -2.35. The molecule has 0 saturated heterocycles. The third kappa shape index (κ3) is 10.8. The minimum absolute atomic E-state index is 0.714. The summed E-state index contributed by atoms with van der Waals surface area (Å²) in [6.45, 7) is 3.50. The van der Waals surface area contributed by atoms with Crippen molar-refractivity contribution >= 4 is 18.2 Å². The molecule has 0 rings (SSSR count). The molecule has 0 fully saturated rings. The summed E-state index contributed by atoms with van der Waals surface area (Å²) in [5.41, 5.74) is 4.59. The maximum absolute atomic E-state index is 10.4. The summed E-state index contributed by atoms with van der Waals surface area (Å²) in [5.74, 6) is -0.714. The van der Waals surface area contributed by atoms with Crippen LogP contribution in [0.15, 0.2) is 5.16 Å². The van der Waals surface area contributed by atoms with Gasteiger partial charge in [0.15, 0.2) is 0 Å². The normalized spacial score (nSPS) is 7.92. The predicted octanol–water partition coefficient (Wildman–Crippen LogP) is -1.05. The van der Waals surface area contributed by atoms with Crippen LogP contribution in [-0.4, -0.2) is 25.3 Å². The van der Waals surface area contributed by atoms with E-state index in [-0.39, 0.29) is 0 Å². The SMILES string of the molecule is C#N.CO/N=C/C(=O)NC(N)=O. The number of carbonyl (C=O) groups excluding carboxylic acids is 2. The van der Waals surface area contributed by atoms with Crippen molar-refractivity contribution in [1.82, 2.24) is 5.32 Å². The molecule has 0 aliphatic carbocycles. The topological polar surface area (TPSA) is 118 Å². The van der Waals surface area contributed by atoms with Crippen molar-refractivity contribution in [2.24, 2.45) is 10.9 Å². The van der Waals surface area contributed by atoms with Gasteiger partial charge in [-0.25, -0.2) is 10.1 Å². The van der Waals surface area contributed by atoms with E-state index in [0.717, 1.165) is 6.21 Å². The number of nitrogens with one attached hydrogen (secondary N) is 1. The van der Waals surface area contributed by atoms with Crippen LogP contribution in [0.4, 0.5) is 4.79 Å². The summed E-state index contributed by atoms with van der Waals surface area (Å²) in [7, 11) is 1.27. The van der Waals surface area contributed by atoms with Gasteiger partial charge < -0.3 is 10.6 Å². The number of urea groups is 1. The van der Waals surface area contributed by atoms with E-state index in [1.165, 1.54) is 7.11 Å².